The Bertz CT molecular complexity index is 1410. The number of para-hydroxylation sites is 1. The van der Waals surface area contributed by atoms with Crippen molar-refractivity contribution >= 4 is 39.1 Å². The lowest BCUT2D eigenvalue weighted by Crippen LogP contribution is -2.52. The summed E-state index contributed by atoms with van der Waals surface area (Å²) in [5.74, 6) is -0.732. The molecule has 0 aromatic heterocycles. The van der Waals surface area contributed by atoms with Gasteiger partial charge in [-0.05, 0) is 67.6 Å². The van der Waals surface area contributed by atoms with Crippen LogP contribution in [-0.4, -0.2) is 44.3 Å². The van der Waals surface area contributed by atoms with Crippen LogP contribution in [0.3, 0.4) is 0 Å². The van der Waals surface area contributed by atoms with Crippen molar-refractivity contribution < 1.29 is 18.0 Å². The molecule has 0 aliphatic heterocycles. The number of rotatable bonds is 14. The van der Waals surface area contributed by atoms with E-state index >= 15 is 0 Å². The van der Waals surface area contributed by atoms with Gasteiger partial charge in [-0.3, -0.25) is 13.9 Å². The molecule has 2 amide bonds. The Morgan fingerprint density at radius 1 is 0.927 bits per heavy atom. The van der Waals surface area contributed by atoms with E-state index in [0.29, 0.717) is 30.1 Å². The number of carbonyl (C=O) groups is 2. The van der Waals surface area contributed by atoms with Crippen molar-refractivity contribution in [1.82, 2.24) is 10.2 Å². The number of hydrogen-bond acceptors (Lipinski definition) is 4. The maximum atomic E-state index is 14.2. The van der Waals surface area contributed by atoms with Crippen LogP contribution < -0.4 is 9.62 Å². The summed E-state index contributed by atoms with van der Waals surface area (Å²) in [6.45, 7) is 7.89. The predicted molar refractivity (Wildman–Crippen MR) is 166 cm³/mol. The number of sulfonamides is 1. The van der Waals surface area contributed by atoms with E-state index in [1.165, 1.54) is 9.21 Å². The number of halogens is 1. The fourth-order valence-electron chi connectivity index (χ4n) is 4.62. The monoisotopic (exact) mass is 597 g/mol. The van der Waals surface area contributed by atoms with Gasteiger partial charge in [-0.15, -0.1) is 0 Å². The van der Waals surface area contributed by atoms with Crippen molar-refractivity contribution in [2.45, 2.75) is 70.9 Å². The van der Waals surface area contributed by atoms with Gasteiger partial charge in [0.1, 0.15) is 12.6 Å². The van der Waals surface area contributed by atoms with Crippen LogP contribution >= 0.6 is 11.6 Å². The minimum atomic E-state index is -4.11. The summed E-state index contributed by atoms with van der Waals surface area (Å²) in [5.41, 5.74) is 2.94. The van der Waals surface area contributed by atoms with Gasteiger partial charge in [0.15, 0.2) is 0 Å². The van der Waals surface area contributed by atoms with E-state index in [2.05, 4.69) is 5.32 Å². The van der Waals surface area contributed by atoms with Gasteiger partial charge in [0, 0.05) is 18.1 Å². The number of unbranched alkanes of at least 4 members (excludes halogenated alkanes) is 1. The number of anilines is 1. The number of amides is 2. The third-order valence-corrected chi connectivity index (χ3v) is 9.04. The maximum Gasteiger partial charge on any atom is 0.264 e. The van der Waals surface area contributed by atoms with Crippen LogP contribution in [0.25, 0.3) is 0 Å². The van der Waals surface area contributed by atoms with Gasteiger partial charge in [-0.25, -0.2) is 8.42 Å². The van der Waals surface area contributed by atoms with Crippen molar-refractivity contribution in [3.8, 4) is 0 Å². The van der Waals surface area contributed by atoms with Gasteiger partial charge in [-0.1, -0.05) is 86.8 Å². The van der Waals surface area contributed by atoms with E-state index in [9.17, 15) is 18.0 Å². The fourth-order valence-corrected chi connectivity index (χ4v) is 6.19. The lowest BCUT2D eigenvalue weighted by atomic mass is 10.1. The molecule has 0 saturated carbocycles. The van der Waals surface area contributed by atoms with Crippen molar-refractivity contribution in [2.75, 3.05) is 17.4 Å². The number of benzene rings is 3. The average Bonchev–Trinajstić information content (AvgIpc) is 2.97. The van der Waals surface area contributed by atoms with Crippen LogP contribution in [0, 0.1) is 6.92 Å². The van der Waals surface area contributed by atoms with E-state index in [1.54, 1.807) is 60.7 Å². The highest BCUT2D eigenvalue weighted by Gasteiger charge is 2.34. The largest absolute Gasteiger partial charge is 0.354 e. The molecule has 1 atom stereocenters. The highest BCUT2D eigenvalue weighted by atomic mass is 35.5. The minimum absolute atomic E-state index is 0.0930. The lowest BCUT2D eigenvalue weighted by molar-refractivity contribution is -0.140. The van der Waals surface area contributed by atoms with Crippen molar-refractivity contribution in [3.05, 3.63) is 94.5 Å². The first kappa shape index (κ1) is 32.2. The van der Waals surface area contributed by atoms with Crippen LogP contribution in [0.2, 0.25) is 5.02 Å². The van der Waals surface area contributed by atoms with Crippen molar-refractivity contribution in [1.29, 1.82) is 0 Å². The summed E-state index contributed by atoms with van der Waals surface area (Å²) in [5, 5.41) is 3.50. The number of nitrogens with one attached hydrogen (secondary N) is 1. The van der Waals surface area contributed by atoms with Gasteiger partial charge >= 0.3 is 0 Å². The lowest BCUT2D eigenvalue weighted by Gasteiger charge is -2.33. The Kier molecular flexibility index (Phi) is 11.8. The molecule has 9 heteroatoms. The second-order valence-electron chi connectivity index (χ2n) is 10.0. The number of aryl methyl sites for hydroxylation is 2. The van der Waals surface area contributed by atoms with Crippen LogP contribution in [0.4, 0.5) is 5.69 Å². The van der Waals surface area contributed by atoms with E-state index in [1.807, 2.05) is 39.8 Å². The molecule has 0 fully saturated rings. The molecule has 3 aromatic rings. The molecule has 0 heterocycles. The fraction of sp³-hybridized carbons (Fsp3) is 0.375. The molecular formula is C32H40ClN3O4S. The molecule has 0 radical (unpaired) electrons. The Hall–Kier alpha value is -3.36. The maximum absolute atomic E-state index is 14.2. The zero-order valence-electron chi connectivity index (χ0n) is 24.3. The van der Waals surface area contributed by atoms with Crippen LogP contribution in [0.15, 0.2) is 77.7 Å². The van der Waals surface area contributed by atoms with Crippen LogP contribution in [-0.2, 0) is 32.6 Å². The molecule has 0 aliphatic rings. The molecule has 3 aromatic carbocycles. The number of nitrogens with zero attached hydrogens (tertiary/aromatic N) is 2. The number of carbonyl (C=O) groups excluding carboxylic acids is 2. The first-order chi connectivity index (χ1) is 19.6. The number of hydrogen-bond donors (Lipinski definition) is 1. The second kappa shape index (κ2) is 15.0. The van der Waals surface area contributed by atoms with E-state index in [-0.39, 0.29) is 17.3 Å². The van der Waals surface area contributed by atoms with Gasteiger partial charge in [-0.2, -0.15) is 0 Å². The van der Waals surface area contributed by atoms with Crippen LogP contribution in [0.5, 0.6) is 0 Å². The Balaban J connectivity index is 2.06. The molecule has 0 spiro atoms. The normalized spacial score (nSPS) is 12.0. The van der Waals surface area contributed by atoms with E-state index in [0.717, 1.165) is 29.5 Å². The molecule has 1 N–H and O–H groups in total. The Morgan fingerprint density at radius 3 is 2.20 bits per heavy atom. The Morgan fingerprint density at radius 2 is 1.59 bits per heavy atom. The topological polar surface area (TPSA) is 86.8 Å². The van der Waals surface area contributed by atoms with Crippen molar-refractivity contribution in [2.24, 2.45) is 0 Å². The molecule has 3 rings (SSSR count). The quantitative estimate of drug-likeness (QED) is 0.227. The standard InChI is InChI=1S/C32H40ClN3O4S/c1-5-8-21-34-32(38)29(7-3)35(22-25-15-17-27(33)18-16-25)31(37)23-36(30-12-10-9-11-26(30)6-2)41(39,40)28-19-13-24(4)14-20-28/h9-20,29H,5-8,21-23H2,1-4H3,(H,34,38). The third-order valence-electron chi connectivity index (χ3n) is 7.01. The average molecular weight is 598 g/mol. The zero-order valence-corrected chi connectivity index (χ0v) is 25.8. The summed E-state index contributed by atoms with van der Waals surface area (Å²) < 4.78 is 29.3. The summed E-state index contributed by atoms with van der Waals surface area (Å²) in [6, 6.07) is 20.1. The van der Waals surface area contributed by atoms with Gasteiger partial charge in [0.25, 0.3) is 10.0 Å². The first-order valence-corrected chi connectivity index (χ1v) is 15.9. The first-order valence-electron chi connectivity index (χ1n) is 14.1. The molecule has 0 bridgehead atoms. The molecule has 7 nitrogen and oxygen atoms in total. The predicted octanol–water partition coefficient (Wildman–Crippen LogP) is 6.13. The zero-order chi connectivity index (χ0) is 30.0. The van der Waals surface area contributed by atoms with E-state index in [4.69, 9.17) is 11.6 Å². The highest BCUT2D eigenvalue weighted by Crippen LogP contribution is 2.28. The third kappa shape index (κ3) is 8.33. The smallest absolute Gasteiger partial charge is 0.264 e. The van der Waals surface area contributed by atoms with Gasteiger partial charge in [0.05, 0.1) is 10.6 Å². The van der Waals surface area contributed by atoms with Gasteiger partial charge < -0.3 is 10.2 Å². The molecule has 220 valence electrons. The summed E-state index contributed by atoms with van der Waals surface area (Å²) >= 11 is 6.09. The Labute approximate surface area is 249 Å². The SMILES string of the molecule is CCCCNC(=O)C(CC)N(Cc1ccc(Cl)cc1)C(=O)CN(c1ccccc1CC)S(=O)(=O)c1ccc(C)cc1. The molecular weight excluding hydrogens is 558 g/mol. The molecule has 1 unspecified atom stereocenters. The summed E-state index contributed by atoms with van der Waals surface area (Å²) in [4.78, 5) is 29.0. The van der Waals surface area contributed by atoms with Crippen molar-refractivity contribution in [3.63, 3.8) is 0 Å². The van der Waals surface area contributed by atoms with E-state index < -0.39 is 28.5 Å². The molecule has 0 saturated heterocycles. The minimum Gasteiger partial charge on any atom is -0.354 e. The highest BCUT2D eigenvalue weighted by molar-refractivity contribution is 7.92. The summed E-state index contributed by atoms with van der Waals surface area (Å²) in [6.07, 6.45) is 2.70. The molecule has 0 aliphatic carbocycles. The second-order valence-corrected chi connectivity index (χ2v) is 12.3. The van der Waals surface area contributed by atoms with Crippen LogP contribution in [0.1, 0.15) is 56.7 Å². The summed E-state index contributed by atoms with van der Waals surface area (Å²) in [7, 11) is -4.11. The van der Waals surface area contributed by atoms with Gasteiger partial charge in [0.2, 0.25) is 11.8 Å². The molecule has 41 heavy (non-hydrogen) atoms.